The molecule has 1 saturated carbocycles. The van der Waals surface area contributed by atoms with Crippen molar-refractivity contribution in [2.24, 2.45) is 0 Å². The Hall–Kier alpha value is -0.630. The first-order valence-corrected chi connectivity index (χ1v) is 7.04. The summed E-state index contributed by atoms with van der Waals surface area (Å²) in [6.45, 7) is 6.38. The molecular formula is C14H25N3O. The molecule has 0 aromatic rings. The number of methoxy groups -OCH3 is 1. The van der Waals surface area contributed by atoms with Crippen molar-refractivity contribution < 1.29 is 4.74 Å². The van der Waals surface area contributed by atoms with Crippen LogP contribution in [0.5, 0.6) is 0 Å². The van der Waals surface area contributed by atoms with E-state index in [0.29, 0.717) is 18.2 Å². The highest BCUT2D eigenvalue weighted by Crippen LogP contribution is 2.34. The van der Waals surface area contributed by atoms with Crippen molar-refractivity contribution in [2.75, 3.05) is 20.2 Å². The number of hydrogen-bond acceptors (Lipinski definition) is 4. The van der Waals surface area contributed by atoms with Crippen molar-refractivity contribution in [1.29, 1.82) is 5.26 Å². The van der Waals surface area contributed by atoms with Crippen LogP contribution in [0.25, 0.3) is 0 Å². The summed E-state index contributed by atoms with van der Waals surface area (Å²) in [7, 11) is 1.79. The van der Waals surface area contributed by atoms with Gasteiger partial charge >= 0.3 is 0 Å². The Labute approximate surface area is 110 Å². The summed E-state index contributed by atoms with van der Waals surface area (Å²) in [5, 5.41) is 12.9. The lowest BCUT2D eigenvalue weighted by Crippen LogP contribution is -2.47. The normalized spacial score (nSPS) is 37.3. The monoisotopic (exact) mass is 251 g/mol. The van der Waals surface area contributed by atoms with Gasteiger partial charge in [-0.3, -0.25) is 10.2 Å². The molecular weight excluding hydrogens is 226 g/mol. The molecule has 2 fully saturated rings. The predicted molar refractivity (Wildman–Crippen MR) is 71.2 cm³/mol. The molecule has 3 unspecified atom stereocenters. The minimum absolute atomic E-state index is 0.302. The summed E-state index contributed by atoms with van der Waals surface area (Å²) >= 11 is 0. The largest absolute Gasteiger partial charge is 0.380 e. The summed E-state index contributed by atoms with van der Waals surface area (Å²) < 4.78 is 5.42. The van der Waals surface area contributed by atoms with E-state index >= 15 is 0 Å². The predicted octanol–water partition coefficient (Wildman–Crippen LogP) is 1.52. The van der Waals surface area contributed by atoms with Crippen LogP contribution in [0.15, 0.2) is 0 Å². The third-order valence-electron chi connectivity index (χ3n) is 4.29. The van der Waals surface area contributed by atoms with E-state index in [1.165, 1.54) is 0 Å². The second-order valence-electron chi connectivity index (χ2n) is 6.03. The van der Waals surface area contributed by atoms with Gasteiger partial charge in [-0.15, -0.1) is 0 Å². The number of likely N-dealkylation sites (tertiary alicyclic amines) is 1. The molecule has 2 rings (SSSR count). The first-order valence-electron chi connectivity index (χ1n) is 7.04. The molecule has 4 heteroatoms. The maximum Gasteiger partial charge on any atom is 0.108 e. The van der Waals surface area contributed by atoms with Gasteiger partial charge in [0.05, 0.1) is 12.2 Å². The van der Waals surface area contributed by atoms with Gasteiger partial charge in [0.1, 0.15) is 5.54 Å². The molecule has 1 aliphatic heterocycles. The van der Waals surface area contributed by atoms with E-state index in [2.05, 4.69) is 30.1 Å². The van der Waals surface area contributed by atoms with Gasteiger partial charge in [-0.25, -0.2) is 0 Å². The Bertz CT molecular complexity index is 325. The van der Waals surface area contributed by atoms with Crippen molar-refractivity contribution in [3.05, 3.63) is 0 Å². The second-order valence-corrected chi connectivity index (χ2v) is 6.03. The fourth-order valence-corrected chi connectivity index (χ4v) is 3.43. The van der Waals surface area contributed by atoms with Gasteiger partial charge in [0, 0.05) is 32.3 Å². The maximum atomic E-state index is 9.47. The first-order chi connectivity index (χ1) is 8.58. The lowest BCUT2D eigenvalue weighted by atomic mass is 9.98. The van der Waals surface area contributed by atoms with Crippen LogP contribution >= 0.6 is 0 Å². The second kappa shape index (κ2) is 5.56. The van der Waals surface area contributed by atoms with Crippen LogP contribution in [0.4, 0.5) is 0 Å². The zero-order chi connectivity index (χ0) is 13.2. The molecule has 1 heterocycles. The van der Waals surface area contributed by atoms with Crippen molar-refractivity contribution in [3.63, 3.8) is 0 Å². The summed E-state index contributed by atoms with van der Waals surface area (Å²) in [5.41, 5.74) is -0.302. The Morgan fingerprint density at radius 1 is 1.44 bits per heavy atom. The molecule has 0 radical (unpaired) electrons. The van der Waals surface area contributed by atoms with Crippen molar-refractivity contribution in [3.8, 4) is 6.07 Å². The van der Waals surface area contributed by atoms with Crippen LogP contribution in [0.3, 0.4) is 0 Å². The number of nitrogens with zero attached hydrogens (tertiary/aromatic N) is 2. The van der Waals surface area contributed by atoms with E-state index < -0.39 is 0 Å². The van der Waals surface area contributed by atoms with E-state index in [0.717, 1.165) is 38.8 Å². The molecule has 2 aliphatic rings. The number of hydrogen-bond donors (Lipinski definition) is 1. The third-order valence-corrected chi connectivity index (χ3v) is 4.29. The van der Waals surface area contributed by atoms with Crippen molar-refractivity contribution in [1.82, 2.24) is 10.2 Å². The van der Waals surface area contributed by atoms with E-state index in [-0.39, 0.29) is 5.54 Å². The van der Waals surface area contributed by atoms with Crippen LogP contribution in [-0.4, -0.2) is 48.8 Å². The maximum absolute atomic E-state index is 9.47. The SMILES string of the molecule is COC1CCN(C2CCC(C#N)(NC(C)C)C2)C1. The van der Waals surface area contributed by atoms with Crippen molar-refractivity contribution in [2.45, 2.75) is 63.3 Å². The van der Waals surface area contributed by atoms with E-state index in [1.807, 2.05) is 0 Å². The van der Waals surface area contributed by atoms with E-state index in [9.17, 15) is 5.26 Å². The zero-order valence-corrected chi connectivity index (χ0v) is 11.8. The fourth-order valence-electron chi connectivity index (χ4n) is 3.43. The highest BCUT2D eigenvalue weighted by atomic mass is 16.5. The van der Waals surface area contributed by atoms with Gasteiger partial charge in [0.2, 0.25) is 0 Å². The zero-order valence-electron chi connectivity index (χ0n) is 11.8. The molecule has 0 spiro atoms. The van der Waals surface area contributed by atoms with Crippen LogP contribution in [-0.2, 0) is 4.74 Å². The van der Waals surface area contributed by atoms with Crippen LogP contribution in [0, 0.1) is 11.3 Å². The molecule has 1 N–H and O–H groups in total. The lowest BCUT2D eigenvalue weighted by Gasteiger charge is -2.28. The molecule has 0 aromatic heterocycles. The molecule has 1 aliphatic carbocycles. The van der Waals surface area contributed by atoms with Crippen LogP contribution in [0.1, 0.15) is 39.5 Å². The smallest absolute Gasteiger partial charge is 0.108 e. The van der Waals surface area contributed by atoms with E-state index in [4.69, 9.17) is 4.74 Å². The first kappa shape index (κ1) is 13.8. The topological polar surface area (TPSA) is 48.3 Å². The molecule has 102 valence electrons. The molecule has 1 saturated heterocycles. The molecule has 4 nitrogen and oxygen atoms in total. The van der Waals surface area contributed by atoms with E-state index in [1.54, 1.807) is 7.11 Å². The fraction of sp³-hybridized carbons (Fsp3) is 0.929. The van der Waals surface area contributed by atoms with Gasteiger partial charge < -0.3 is 4.74 Å². The van der Waals surface area contributed by atoms with Crippen LogP contribution in [0.2, 0.25) is 0 Å². The number of ether oxygens (including phenoxy) is 1. The molecule has 0 aromatic carbocycles. The summed E-state index contributed by atoms with van der Waals surface area (Å²) in [4.78, 5) is 2.51. The van der Waals surface area contributed by atoms with Gasteiger partial charge in [-0.1, -0.05) is 0 Å². The molecule has 0 bridgehead atoms. The number of rotatable bonds is 4. The van der Waals surface area contributed by atoms with Crippen molar-refractivity contribution >= 4 is 0 Å². The van der Waals surface area contributed by atoms with Gasteiger partial charge in [0.25, 0.3) is 0 Å². The van der Waals surface area contributed by atoms with Gasteiger partial charge in [-0.05, 0) is 39.5 Å². The lowest BCUT2D eigenvalue weighted by molar-refractivity contribution is 0.101. The highest BCUT2D eigenvalue weighted by Gasteiger charge is 2.43. The molecule has 18 heavy (non-hydrogen) atoms. The molecule has 0 amide bonds. The number of nitriles is 1. The molecule has 3 atom stereocenters. The Morgan fingerprint density at radius 3 is 2.78 bits per heavy atom. The standard InChI is InChI=1S/C14H25N3O/c1-11(2)16-14(10-15)6-4-12(8-14)17-7-5-13(9-17)18-3/h11-13,16H,4-9H2,1-3H3. The average molecular weight is 251 g/mol. The summed E-state index contributed by atoms with van der Waals surface area (Å²) in [6, 6.07) is 3.44. The van der Waals surface area contributed by atoms with Gasteiger partial charge in [0.15, 0.2) is 0 Å². The minimum Gasteiger partial charge on any atom is -0.380 e. The third kappa shape index (κ3) is 2.85. The quantitative estimate of drug-likeness (QED) is 0.823. The Balaban J connectivity index is 1.93. The van der Waals surface area contributed by atoms with Gasteiger partial charge in [-0.2, -0.15) is 5.26 Å². The Morgan fingerprint density at radius 2 is 2.22 bits per heavy atom. The Kier molecular flexibility index (Phi) is 4.26. The highest BCUT2D eigenvalue weighted by molar-refractivity contribution is 5.14. The van der Waals surface area contributed by atoms with Crippen LogP contribution < -0.4 is 5.32 Å². The summed E-state index contributed by atoms with van der Waals surface area (Å²) in [5.74, 6) is 0. The number of nitrogens with one attached hydrogen (secondary N) is 1. The minimum atomic E-state index is -0.302. The summed E-state index contributed by atoms with van der Waals surface area (Å²) in [6.07, 6.45) is 4.58. The average Bonchev–Trinajstić information content (AvgIpc) is 2.94.